The van der Waals surface area contributed by atoms with E-state index in [-0.39, 0.29) is 29.8 Å². The summed E-state index contributed by atoms with van der Waals surface area (Å²) in [5, 5.41) is 3.97. The van der Waals surface area contributed by atoms with Crippen LogP contribution in [-0.2, 0) is 10.2 Å². The Balaban J connectivity index is 0.00000192. The highest BCUT2D eigenvalue weighted by Crippen LogP contribution is 2.48. The average molecular weight is 357 g/mol. The predicted molar refractivity (Wildman–Crippen MR) is 97.2 cm³/mol. The van der Waals surface area contributed by atoms with Gasteiger partial charge in [-0.25, -0.2) is 0 Å². The van der Waals surface area contributed by atoms with E-state index in [0.717, 1.165) is 18.4 Å². The van der Waals surface area contributed by atoms with Crippen LogP contribution in [0.15, 0.2) is 24.3 Å². The normalized spacial score (nSPS) is 21.1. The van der Waals surface area contributed by atoms with Gasteiger partial charge >= 0.3 is 0 Å². The molecule has 3 rings (SSSR count). The summed E-state index contributed by atoms with van der Waals surface area (Å²) in [7, 11) is 0. The number of carbonyl (C=O) groups excluding carboxylic acids is 1. The number of amides is 1. The number of nitrogens with two attached hydrogens (primary N) is 1. The van der Waals surface area contributed by atoms with Crippen LogP contribution in [0.3, 0.4) is 0 Å². The molecule has 0 heterocycles. The molecule has 5 heteroatoms. The second kappa shape index (κ2) is 7.87. The van der Waals surface area contributed by atoms with E-state index in [1.165, 1.54) is 32.1 Å². The fourth-order valence-electron chi connectivity index (χ4n) is 3.75. The van der Waals surface area contributed by atoms with Gasteiger partial charge in [-0.15, -0.1) is 12.4 Å². The van der Waals surface area contributed by atoms with Crippen LogP contribution in [0.2, 0.25) is 5.02 Å². The Kier molecular flexibility index (Phi) is 6.35. The van der Waals surface area contributed by atoms with Crippen LogP contribution in [0.5, 0.6) is 0 Å². The second-order valence-corrected chi connectivity index (χ2v) is 7.24. The lowest BCUT2D eigenvalue weighted by atomic mass is 9.83. The van der Waals surface area contributed by atoms with Crippen molar-refractivity contribution in [2.24, 2.45) is 11.7 Å². The van der Waals surface area contributed by atoms with E-state index in [4.69, 9.17) is 17.3 Å². The Labute approximate surface area is 149 Å². The maximum atomic E-state index is 12.8. The quantitative estimate of drug-likeness (QED) is 0.842. The Hall–Kier alpha value is -0.770. The first-order valence-electron chi connectivity index (χ1n) is 8.43. The van der Waals surface area contributed by atoms with E-state index in [1.54, 1.807) is 0 Å². The molecule has 1 aromatic rings. The van der Waals surface area contributed by atoms with Crippen LogP contribution < -0.4 is 11.1 Å². The van der Waals surface area contributed by atoms with Crippen LogP contribution in [-0.4, -0.2) is 18.5 Å². The largest absolute Gasteiger partial charge is 0.351 e. The second-order valence-electron chi connectivity index (χ2n) is 6.80. The summed E-state index contributed by atoms with van der Waals surface area (Å²) in [4.78, 5) is 12.8. The molecular formula is C18H26Cl2N2O. The number of benzene rings is 1. The molecule has 3 N–H and O–H groups in total. The zero-order chi connectivity index (χ0) is 15.6. The van der Waals surface area contributed by atoms with E-state index in [1.807, 2.05) is 24.3 Å². The summed E-state index contributed by atoms with van der Waals surface area (Å²) in [6.07, 6.45) is 8.06. The summed E-state index contributed by atoms with van der Waals surface area (Å²) < 4.78 is 0. The molecule has 1 unspecified atom stereocenters. The van der Waals surface area contributed by atoms with E-state index in [0.29, 0.717) is 17.5 Å². The summed E-state index contributed by atoms with van der Waals surface area (Å²) in [6, 6.07) is 7.81. The van der Waals surface area contributed by atoms with Crippen molar-refractivity contribution >= 4 is 29.9 Å². The minimum Gasteiger partial charge on any atom is -0.351 e. The Morgan fingerprint density at radius 3 is 2.35 bits per heavy atom. The summed E-state index contributed by atoms with van der Waals surface area (Å²) >= 11 is 5.95. The van der Waals surface area contributed by atoms with Crippen LogP contribution in [0, 0.1) is 5.92 Å². The van der Waals surface area contributed by atoms with Gasteiger partial charge in [0, 0.05) is 17.6 Å². The standard InChI is InChI=1S/C18H25ClN2O.ClH/c19-15-8-6-14(7-9-15)18(10-11-18)17(22)21-16(12-20)13-4-2-1-3-5-13;/h6-9,13,16H,1-5,10-12,20H2,(H,21,22);1H. The van der Waals surface area contributed by atoms with Gasteiger partial charge in [-0.2, -0.15) is 0 Å². The fraction of sp³-hybridized carbons (Fsp3) is 0.611. The van der Waals surface area contributed by atoms with Crippen molar-refractivity contribution < 1.29 is 4.79 Å². The third kappa shape index (κ3) is 4.01. The first-order valence-corrected chi connectivity index (χ1v) is 8.80. The van der Waals surface area contributed by atoms with Crippen molar-refractivity contribution in [1.82, 2.24) is 5.32 Å². The Morgan fingerprint density at radius 1 is 1.22 bits per heavy atom. The molecule has 0 radical (unpaired) electrons. The highest BCUT2D eigenvalue weighted by molar-refractivity contribution is 6.30. The molecule has 0 spiro atoms. The molecule has 2 fully saturated rings. The van der Waals surface area contributed by atoms with Crippen molar-refractivity contribution in [3.8, 4) is 0 Å². The van der Waals surface area contributed by atoms with Crippen molar-refractivity contribution in [3.63, 3.8) is 0 Å². The van der Waals surface area contributed by atoms with Crippen LogP contribution >= 0.6 is 24.0 Å². The van der Waals surface area contributed by atoms with Crippen LogP contribution in [0.25, 0.3) is 0 Å². The predicted octanol–water partition coefficient (Wildman–Crippen LogP) is 3.82. The molecule has 1 aromatic carbocycles. The lowest BCUT2D eigenvalue weighted by Gasteiger charge is -2.31. The number of rotatable bonds is 5. The van der Waals surface area contributed by atoms with Gasteiger partial charge in [0.05, 0.1) is 5.41 Å². The van der Waals surface area contributed by atoms with Gasteiger partial charge in [0.15, 0.2) is 0 Å². The van der Waals surface area contributed by atoms with Gasteiger partial charge in [-0.1, -0.05) is 43.0 Å². The minimum atomic E-state index is -0.341. The lowest BCUT2D eigenvalue weighted by Crippen LogP contribution is -2.49. The minimum absolute atomic E-state index is 0. The van der Waals surface area contributed by atoms with E-state index < -0.39 is 0 Å². The Bertz CT molecular complexity index is 522. The molecule has 0 aromatic heterocycles. The number of hydrogen-bond acceptors (Lipinski definition) is 2. The molecule has 1 atom stereocenters. The number of hydrogen-bond donors (Lipinski definition) is 2. The molecule has 128 valence electrons. The maximum absolute atomic E-state index is 12.8. The van der Waals surface area contributed by atoms with Gasteiger partial charge in [0.25, 0.3) is 0 Å². The van der Waals surface area contributed by atoms with Gasteiger partial charge in [-0.3, -0.25) is 4.79 Å². The van der Waals surface area contributed by atoms with Crippen molar-refractivity contribution in [2.45, 2.75) is 56.4 Å². The molecule has 2 saturated carbocycles. The van der Waals surface area contributed by atoms with E-state index >= 15 is 0 Å². The van der Waals surface area contributed by atoms with Gasteiger partial charge < -0.3 is 11.1 Å². The first kappa shape index (κ1) is 18.6. The number of halogens is 2. The Morgan fingerprint density at radius 2 is 1.83 bits per heavy atom. The summed E-state index contributed by atoms with van der Waals surface area (Å²) in [6.45, 7) is 0.535. The van der Waals surface area contributed by atoms with E-state index in [2.05, 4.69) is 5.32 Å². The third-order valence-electron chi connectivity index (χ3n) is 5.37. The first-order chi connectivity index (χ1) is 10.7. The monoisotopic (exact) mass is 356 g/mol. The molecule has 1 amide bonds. The molecule has 2 aliphatic rings. The van der Waals surface area contributed by atoms with Crippen molar-refractivity contribution in [1.29, 1.82) is 0 Å². The van der Waals surface area contributed by atoms with Crippen molar-refractivity contribution in [3.05, 3.63) is 34.9 Å². The summed E-state index contributed by atoms with van der Waals surface area (Å²) in [5.74, 6) is 0.694. The SMILES string of the molecule is Cl.NCC(NC(=O)C1(c2ccc(Cl)cc2)CC1)C1CCCCC1. The van der Waals surface area contributed by atoms with Crippen LogP contribution in [0.1, 0.15) is 50.5 Å². The average Bonchev–Trinajstić information content (AvgIpc) is 3.36. The van der Waals surface area contributed by atoms with Gasteiger partial charge in [0.2, 0.25) is 5.91 Å². The molecular weight excluding hydrogens is 331 g/mol. The van der Waals surface area contributed by atoms with Crippen LogP contribution in [0.4, 0.5) is 0 Å². The van der Waals surface area contributed by atoms with Gasteiger partial charge in [0.1, 0.15) is 0 Å². The van der Waals surface area contributed by atoms with E-state index in [9.17, 15) is 4.79 Å². The molecule has 23 heavy (non-hydrogen) atoms. The zero-order valence-electron chi connectivity index (χ0n) is 13.4. The molecule has 0 bridgehead atoms. The maximum Gasteiger partial charge on any atom is 0.230 e. The number of carbonyl (C=O) groups is 1. The lowest BCUT2D eigenvalue weighted by molar-refractivity contribution is -0.124. The smallest absolute Gasteiger partial charge is 0.230 e. The zero-order valence-corrected chi connectivity index (χ0v) is 15.0. The molecule has 3 nitrogen and oxygen atoms in total. The molecule has 0 aliphatic heterocycles. The highest BCUT2D eigenvalue weighted by atomic mass is 35.5. The van der Waals surface area contributed by atoms with Crippen molar-refractivity contribution in [2.75, 3.05) is 6.54 Å². The third-order valence-corrected chi connectivity index (χ3v) is 5.62. The van der Waals surface area contributed by atoms with Gasteiger partial charge in [-0.05, 0) is 49.3 Å². The fourth-order valence-corrected chi connectivity index (χ4v) is 3.88. The number of nitrogens with one attached hydrogen (secondary N) is 1. The summed E-state index contributed by atoms with van der Waals surface area (Å²) in [5.41, 5.74) is 6.68. The topological polar surface area (TPSA) is 55.1 Å². The molecule has 0 saturated heterocycles. The highest BCUT2D eigenvalue weighted by Gasteiger charge is 2.51. The molecule has 2 aliphatic carbocycles.